The van der Waals surface area contributed by atoms with E-state index in [-0.39, 0.29) is 6.61 Å². The Kier molecular flexibility index (Phi) is 5.43. The van der Waals surface area contributed by atoms with Crippen molar-refractivity contribution in [2.24, 2.45) is 0 Å². The third-order valence-electron chi connectivity index (χ3n) is 3.12. The van der Waals surface area contributed by atoms with E-state index in [0.717, 1.165) is 16.9 Å². The minimum atomic E-state index is 0.101. The van der Waals surface area contributed by atoms with Crippen LogP contribution in [0.15, 0.2) is 42.5 Å². The van der Waals surface area contributed by atoms with Gasteiger partial charge in [0.1, 0.15) is 12.4 Å². The third kappa shape index (κ3) is 4.66. The first-order valence-electron chi connectivity index (χ1n) is 7.08. The van der Waals surface area contributed by atoms with E-state index in [1.54, 1.807) is 0 Å². The summed E-state index contributed by atoms with van der Waals surface area (Å²) in [7, 11) is 0. The minimum absolute atomic E-state index is 0.101. The summed E-state index contributed by atoms with van der Waals surface area (Å²) in [6.07, 6.45) is 0.505. The van der Waals surface area contributed by atoms with Crippen molar-refractivity contribution < 1.29 is 9.84 Å². The highest BCUT2D eigenvalue weighted by atomic mass is 16.5. The van der Waals surface area contributed by atoms with Gasteiger partial charge in [-0.25, -0.2) is 0 Å². The summed E-state index contributed by atoms with van der Waals surface area (Å²) in [4.78, 5) is 0. The second kappa shape index (κ2) is 7.52. The summed E-state index contributed by atoms with van der Waals surface area (Å²) in [6.45, 7) is 4.76. The molecule has 0 bridgehead atoms. The Morgan fingerprint density at radius 1 is 1.10 bits per heavy atom. The fourth-order valence-corrected chi connectivity index (χ4v) is 2.07. The summed E-state index contributed by atoms with van der Waals surface area (Å²) in [6, 6.07) is 14.2. The van der Waals surface area contributed by atoms with Crippen LogP contribution in [-0.4, -0.2) is 11.7 Å². The molecular weight excluding hydrogens is 260 g/mol. The van der Waals surface area contributed by atoms with Crippen molar-refractivity contribution in [2.45, 2.75) is 26.9 Å². The standard InChI is InChI=1S/C19H20O2/c1-15-6-5-8-18(12-15)14-21-19-10-9-17(13-16(19)2)7-3-4-11-20/h5-6,8-10,12-13,20H,4,11,14H2,1-2H3. The van der Waals surface area contributed by atoms with Crippen molar-refractivity contribution in [1.82, 2.24) is 0 Å². The van der Waals surface area contributed by atoms with Gasteiger partial charge in [-0.05, 0) is 43.2 Å². The van der Waals surface area contributed by atoms with Crippen molar-refractivity contribution in [1.29, 1.82) is 0 Å². The molecule has 2 nitrogen and oxygen atoms in total. The SMILES string of the molecule is Cc1cccc(COc2ccc(C#CCCO)cc2C)c1. The van der Waals surface area contributed by atoms with E-state index in [1.165, 1.54) is 11.1 Å². The molecule has 2 aromatic rings. The van der Waals surface area contributed by atoms with Crippen LogP contribution < -0.4 is 4.74 Å². The molecule has 0 unspecified atom stereocenters. The molecule has 0 aromatic heterocycles. The van der Waals surface area contributed by atoms with Crippen LogP contribution in [0.25, 0.3) is 0 Å². The third-order valence-corrected chi connectivity index (χ3v) is 3.12. The molecule has 21 heavy (non-hydrogen) atoms. The topological polar surface area (TPSA) is 29.5 Å². The second-order valence-corrected chi connectivity index (χ2v) is 5.03. The molecule has 0 saturated heterocycles. The van der Waals surface area contributed by atoms with Crippen LogP contribution in [0.2, 0.25) is 0 Å². The van der Waals surface area contributed by atoms with Crippen LogP contribution in [0, 0.1) is 25.7 Å². The first kappa shape index (κ1) is 15.2. The van der Waals surface area contributed by atoms with Gasteiger partial charge in [0.05, 0.1) is 6.61 Å². The molecule has 0 amide bonds. The van der Waals surface area contributed by atoms with E-state index in [9.17, 15) is 0 Å². The number of rotatable bonds is 4. The average molecular weight is 280 g/mol. The van der Waals surface area contributed by atoms with Gasteiger partial charge in [-0.15, -0.1) is 0 Å². The first-order chi connectivity index (χ1) is 10.2. The molecule has 108 valence electrons. The van der Waals surface area contributed by atoms with Crippen molar-refractivity contribution in [3.63, 3.8) is 0 Å². The molecule has 0 spiro atoms. The van der Waals surface area contributed by atoms with Crippen LogP contribution in [0.4, 0.5) is 0 Å². The summed E-state index contributed by atoms with van der Waals surface area (Å²) in [5.41, 5.74) is 4.42. The predicted octanol–water partition coefficient (Wildman–Crippen LogP) is 3.62. The highest BCUT2D eigenvalue weighted by molar-refractivity contribution is 5.43. The molecule has 2 heteroatoms. The number of hydrogen-bond acceptors (Lipinski definition) is 2. The zero-order valence-electron chi connectivity index (χ0n) is 12.5. The first-order valence-corrected chi connectivity index (χ1v) is 7.08. The van der Waals surface area contributed by atoms with Gasteiger partial charge in [0.15, 0.2) is 0 Å². The molecule has 0 saturated carbocycles. The van der Waals surface area contributed by atoms with Crippen LogP contribution in [0.5, 0.6) is 5.75 Å². The Morgan fingerprint density at radius 3 is 2.67 bits per heavy atom. The lowest BCUT2D eigenvalue weighted by Crippen LogP contribution is -1.97. The molecule has 0 aliphatic carbocycles. The van der Waals surface area contributed by atoms with Gasteiger partial charge in [-0.2, -0.15) is 0 Å². The number of aliphatic hydroxyl groups excluding tert-OH is 1. The van der Waals surface area contributed by atoms with Crippen molar-refractivity contribution >= 4 is 0 Å². The minimum Gasteiger partial charge on any atom is -0.489 e. The summed E-state index contributed by atoms with van der Waals surface area (Å²) >= 11 is 0. The lowest BCUT2D eigenvalue weighted by Gasteiger charge is -2.10. The van der Waals surface area contributed by atoms with Gasteiger partial charge < -0.3 is 9.84 Å². The fourth-order valence-electron chi connectivity index (χ4n) is 2.07. The highest BCUT2D eigenvalue weighted by Gasteiger charge is 2.01. The maximum absolute atomic E-state index is 8.72. The Labute approximate surface area is 126 Å². The largest absolute Gasteiger partial charge is 0.489 e. The van der Waals surface area contributed by atoms with Gasteiger partial charge in [0.2, 0.25) is 0 Å². The van der Waals surface area contributed by atoms with Gasteiger partial charge in [-0.3, -0.25) is 0 Å². The van der Waals surface area contributed by atoms with Crippen molar-refractivity contribution in [2.75, 3.05) is 6.61 Å². The fraction of sp³-hybridized carbons (Fsp3) is 0.263. The molecule has 0 radical (unpaired) electrons. The molecule has 0 aliphatic heterocycles. The van der Waals surface area contributed by atoms with E-state index >= 15 is 0 Å². The van der Waals surface area contributed by atoms with Gasteiger partial charge >= 0.3 is 0 Å². The van der Waals surface area contributed by atoms with E-state index in [2.05, 4.69) is 37.0 Å². The van der Waals surface area contributed by atoms with Crippen LogP contribution in [0.3, 0.4) is 0 Å². The Hall–Kier alpha value is -2.24. The Morgan fingerprint density at radius 2 is 1.95 bits per heavy atom. The van der Waals surface area contributed by atoms with E-state index in [1.807, 2.05) is 31.2 Å². The average Bonchev–Trinajstić information content (AvgIpc) is 2.47. The zero-order valence-corrected chi connectivity index (χ0v) is 12.5. The molecule has 0 atom stereocenters. The lowest BCUT2D eigenvalue weighted by atomic mass is 10.1. The lowest BCUT2D eigenvalue weighted by molar-refractivity contribution is 0.304. The Bertz CT molecular complexity index is 663. The predicted molar refractivity (Wildman–Crippen MR) is 85.3 cm³/mol. The number of hydrogen-bond donors (Lipinski definition) is 1. The summed E-state index contributed by atoms with van der Waals surface area (Å²) in [5.74, 6) is 6.83. The number of ether oxygens (including phenoxy) is 1. The van der Waals surface area contributed by atoms with Crippen molar-refractivity contribution in [3.8, 4) is 17.6 Å². The van der Waals surface area contributed by atoms with E-state index in [4.69, 9.17) is 9.84 Å². The molecular formula is C19H20O2. The number of aryl methyl sites for hydroxylation is 2. The van der Waals surface area contributed by atoms with Gasteiger partial charge in [-0.1, -0.05) is 41.7 Å². The zero-order chi connectivity index (χ0) is 15.1. The molecule has 2 aromatic carbocycles. The normalized spacial score (nSPS) is 9.86. The second-order valence-electron chi connectivity index (χ2n) is 5.03. The molecule has 0 heterocycles. The highest BCUT2D eigenvalue weighted by Crippen LogP contribution is 2.20. The maximum atomic E-state index is 8.72. The quantitative estimate of drug-likeness (QED) is 0.867. The van der Waals surface area contributed by atoms with Crippen LogP contribution >= 0.6 is 0 Å². The number of aliphatic hydroxyl groups is 1. The van der Waals surface area contributed by atoms with Gasteiger partial charge in [0.25, 0.3) is 0 Å². The summed E-state index contributed by atoms with van der Waals surface area (Å²) in [5, 5.41) is 8.72. The molecule has 0 aliphatic rings. The van der Waals surface area contributed by atoms with E-state index < -0.39 is 0 Å². The monoisotopic (exact) mass is 280 g/mol. The Balaban J connectivity index is 2.03. The van der Waals surface area contributed by atoms with Crippen molar-refractivity contribution in [3.05, 3.63) is 64.7 Å². The molecule has 2 rings (SSSR count). The maximum Gasteiger partial charge on any atom is 0.122 e. The summed E-state index contributed by atoms with van der Waals surface area (Å²) < 4.78 is 5.87. The van der Waals surface area contributed by atoms with E-state index in [0.29, 0.717) is 13.0 Å². The van der Waals surface area contributed by atoms with Crippen LogP contribution in [-0.2, 0) is 6.61 Å². The molecule has 0 fully saturated rings. The molecule has 1 N–H and O–H groups in total. The smallest absolute Gasteiger partial charge is 0.122 e. The number of benzene rings is 2. The van der Waals surface area contributed by atoms with Gasteiger partial charge in [0, 0.05) is 12.0 Å². The van der Waals surface area contributed by atoms with Crippen LogP contribution in [0.1, 0.15) is 28.7 Å².